The zero-order chi connectivity index (χ0) is 18.4. The minimum atomic E-state index is -0.353. The van der Waals surface area contributed by atoms with E-state index in [1.807, 2.05) is 43.3 Å². The maximum atomic E-state index is 13.6. The molecule has 0 bridgehead atoms. The van der Waals surface area contributed by atoms with Crippen LogP contribution < -0.4 is 5.32 Å². The number of carbonyl (C=O) groups is 1. The van der Waals surface area contributed by atoms with E-state index < -0.39 is 0 Å². The lowest BCUT2D eigenvalue weighted by molar-refractivity contribution is -0.117. The van der Waals surface area contributed by atoms with Crippen LogP contribution in [0.25, 0.3) is 17.2 Å². The Morgan fingerprint density at radius 2 is 1.88 bits per heavy atom. The normalized spacial score (nSPS) is 12.1. The molecule has 3 nitrogen and oxygen atoms in total. The summed E-state index contributed by atoms with van der Waals surface area (Å²) in [5, 5.41) is 2.90. The summed E-state index contributed by atoms with van der Waals surface area (Å²) in [6.45, 7) is 1.91. The van der Waals surface area contributed by atoms with Crippen molar-refractivity contribution >= 4 is 12.0 Å². The highest BCUT2D eigenvalue weighted by atomic mass is 19.1. The number of aromatic nitrogens is 1. The van der Waals surface area contributed by atoms with Crippen LogP contribution in [0.15, 0.2) is 79.1 Å². The largest absolute Gasteiger partial charge is 0.346 e. The molecule has 26 heavy (non-hydrogen) atoms. The summed E-state index contributed by atoms with van der Waals surface area (Å²) >= 11 is 0. The van der Waals surface area contributed by atoms with E-state index in [1.54, 1.807) is 30.6 Å². The molecule has 130 valence electrons. The van der Waals surface area contributed by atoms with Crippen molar-refractivity contribution in [1.29, 1.82) is 0 Å². The first-order chi connectivity index (χ1) is 12.6. The minimum absolute atomic E-state index is 0.176. The predicted octanol–water partition coefficient (Wildman–Crippen LogP) is 4.78. The number of nitrogens with zero attached hydrogens (tertiary/aromatic N) is 1. The van der Waals surface area contributed by atoms with Crippen LogP contribution in [0, 0.1) is 5.82 Å². The van der Waals surface area contributed by atoms with Gasteiger partial charge in [0.1, 0.15) is 5.82 Å². The van der Waals surface area contributed by atoms with Crippen molar-refractivity contribution < 1.29 is 9.18 Å². The molecule has 1 N–H and O–H groups in total. The quantitative estimate of drug-likeness (QED) is 0.676. The molecule has 0 aliphatic rings. The average Bonchev–Trinajstić information content (AvgIpc) is 2.68. The highest BCUT2D eigenvalue weighted by Gasteiger charge is 2.09. The number of pyridine rings is 1. The second-order valence-corrected chi connectivity index (χ2v) is 5.95. The van der Waals surface area contributed by atoms with Gasteiger partial charge in [0.15, 0.2) is 0 Å². The molecular weight excluding hydrogens is 327 g/mol. The molecule has 3 aromatic rings. The van der Waals surface area contributed by atoms with E-state index in [1.165, 1.54) is 18.2 Å². The summed E-state index contributed by atoms with van der Waals surface area (Å²) in [7, 11) is 0. The van der Waals surface area contributed by atoms with Crippen molar-refractivity contribution in [1.82, 2.24) is 10.3 Å². The van der Waals surface area contributed by atoms with Crippen molar-refractivity contribution in [3.63, 3.8) is 0 Å². The van der Waals surface area contributed by atoms with Crippen LogP contribution >= 0.6 is 0 Å². The van der Waals surface area contributed by atoms with Gasteiger partial charge in [0.05, 0.1) is 6.04 Å². The molecular formula is C22H19FN2O. The maximum absolute atomic E-state index is 13.6. The summed E-state index contributed by atoms with van der Waals surface area (Å²) in [5.41, 5.74) is 3.43. The van der Waals surface area contributed by atoms with Gasteiger partial charge in [-0.25, -0.2) is 4.39 Å². The molecule has 3 rings (SSSR count). The van der Waals surface area contributed by atoms with Gasteiger partial charge in [0.2, 0.25) is 5.91 Å². The molecule has 0 saturated heterocycles. The Morgan fingerprint density at radius 3 is 2.65 bits per heavy atom. The first kappa shape index (κ1) is 17.5. The summed E-state index contributed by atoms with van der Waals surface area (Å²) < 4.78 is 13.6. The monoisotopic (exact) mass is 346 g/mol. The van der Waals surface area contributed by atoms with Crippen molar-refractivity contribution in [2.45, 2.75) is 13.0 Å². The van der Waals surface area contributed by atoms with Crippen molar-refractivity contribution in [2.24, 2.45) is 0 Å². The van der Waals surface area contributed by atoms with Crippen molar-refractivity contribution in [3.8, 4) is 11.1 Å². The van der Waals surface area contributed by atoms with Gasteiger partial charge in [0.25, 0.3) is 0 Å². The van der Waals surface area contributed by atoms with Crippen LogP contribution in [0.4, 0.5) is 4.39 Å². The molecule has 1 atom stereocenters. The first-order valence-electron chi connectivity index (χ1n) is 8.37. The van der Waals surface area contributed by atoms with E-state index in [0.29, 0.717) is 5.56 Å². The maximum Gasteiger partial charge on any atom is 0.244 e. The molecule has 0 aliphatic carbocycles. The second-order valence-electron chi connectivity index (χ2n) is 5.95. The van der Waals surface area contributed by atoms with Gasteiger partial charge < -0.3 is 5.32 Å². The molecule has 4 heteroatoms. The summed E-state index contributed by atoms with van der Waals surface area (Å²) in [5.74, 6) is -0.624. The van der Waals surface area contributed by atoms with E-state index in [4.69, 9.17) is 0 Å². The molecule has 2 aromatic carbocycles. The number of nitrogens with one attached hydrogen (secondary N) is 1. The van der Waals surface area contributed by atoms with Gasteiger partial charge in [-0.05, 0) is 47.9 Å². The second kappa shape index (κ2) is 8.21. The molecule has 1 aromatic heterocycles. The summed E-state index contributed by atoms with van der Waals surface area (Å²) in [4.78, 5) is 16.3. The Hall–Kier alpha value is -3.27. The number of amides is 1. The third-order valence-electron chi connectivity index (χ3n) is 4.06. The number of benzene rings is 2. The number of carbonyl (C=O) groups excluding carboxylic acids is 1. The van der Waals surface area contributed by atoms with Crippen molar-refractivity contribution in [2.75, 3.05) is 0 Å². The first-order valence-corrected chi connectivity index (χ1v) is 8.37. The van der Waals surface area contributed by atoms with Gasteiger partial charge in [-0.3, -0.25) is 9.78 Å². The lowest BCUT2D eigenvalue weighted by Crippen LogP contribution is -2.24. The zero-order valence-electron chi connectivity index (χ0n) is 14.4. The summed E-state index contributed by atoms with van der Waals surface area (Å²) in [6.07, 6.45) is 6.36. The molecule has 1 amide bonds. The Bertz CT molecular complexity index is 922. The van der Waals surface area contributed by atoms with Gasteiger partial charge in [0, 0.05) is 24.0 Å². The van der Waals surface area contributed by atoms with Crippen LogP contribution in [0.5, 0.6) is 0 Å². The lowest BCUT2D eigenvalue weighted by atomic mass is 10.0. The topological polar surface area (TPSA) is 42.0 Å². The molecule has 0 unspecified atom stereocenters. The Morgan fingerprint density at radius 1 is 1.08 bits per heavy atom. The van der Waals surface area contributed by atoms with Gasteiger partial charge in [-0.15, -0.1) is 0 Å². The summed E-state index contributed by atoms with van der Waals surface area (Å²) in [6, 6.07) is 18.0. The van der Waals surface area contributed by atoms with Crippen LogP contribution in [-0.2, 0) is 4.79 Å². The van der Waals surface area contributed by atoms with E-state index in [9.17, 15) is 9.18 Å². The number of halogens is 1. The standard InChI is InChI=1S/C22H19FN2O/c1-16(25-22(26)12-11-17-6-2-3-10-21(17)23)18-7-4-8-19(14-18)20-9-5-13-24-15-20/h2-16H,1H3,(H,25,26)/b12-11+/t16-/m0/s1. The molecule has 0 spiro atoms. The van der Waals surface area contributed by atoms with E-state index in [2.05, 4.69) is 10.3 Å². The third kappa shape index (κ3) is 4.42. The molecule has 0 saturated carbocycles. The highest BCUT2D eigenvalue weighted by Crippen LogP contribution is 2.22. The number of rotatable bonds is 5. The van der Waals surface area contributed by atoms with Crippen molar-refractivity contribution in [3.05, 3.63) is 96.1 Å². The van der Waals surface area contributed by atoms with E-state index in [0.717, 1.165) is 16.7 Å². The number of hydrogen-bond donors (Lipinski definition) is 1. The smallest absolute Gasteiger partial charge is 0.244 e. The fourth-order valence-electron chi connectivity index (χ4n) is 2.64. The minimum Gasteiger partial charge on any atom is -0.346 e. The van der Waals surface area contributed by atoms with Crippen LogP contribution in [-0.4, -0.2) is 10.9 Å². The van der Waals surface area contributed by atoms with Crippen LogP contribution in [0.3, 0.4) is 0 Å². The van der Waals surface area contributed by atoms with E-state index >= 15 is 0 Å². The average molecular weight is 346 g/mol. The van der Waals surface area contributed by atoms with Gasteiger partial charge in [-0.2, -0.15) is 0 Å². The molecule has 0 fully saturated rings. The predicted molar refractivity (Wildman–Crippen MR) is 102 cm³/mol. The fourth-order valence-corrected chi connectivity index (χ4v) is 2.64. The number of hydrogen-bond acceptors (Lipinski definition) is 2. The van der Waals surface area contributed by atoms with E-state index in [-0.39, 0.29) is 17.8 Å². The van der Waals surface area contributed by atoms with Crippen LogP contribution in [0.1, 0.15) is 24.1 Å². The van der Waals surface area contributed by atoms with Gasteiger partial charge in [-0.1, -0.05) is 42.5 Å². The zero-order valence-corrected chi connectivity index (χ0v) is 14.4. The highest BCUT2D eigenvalue weighted by molar-refractivity contribution is 5.92. The van der Waals surface area contributed by atoms with Crippen LogP contribution in [0.2, 0.25) is 0 Å². The molecule has 1 heterocycles. The van der Waals surface area contributed by atoms with Gasteiger partial charge >= 0.3 is 0 Å². The Labute approximate surface area is 152 Å². The Balaban J connectivity index is 1.69. The molecule has 0 aliphatic heterocycles. The third-order valence-corrected chi connectivity index (χ3v) is 4.06. The SMILES string of the molecule is C[C@H](NC(=O)/C=C/c1ccccc1F)c1cccc(-c2cccnc2)c1. The fraction of sp³-hybridized carbons (Fsp3) is 0.0909. The molecule has 0 radical (unpaired) electrons. The Kier molecular flexibility index (Phi) is 5.54. The lowest BCUT2D eigenvalue weighted by Gasteiger charge is -2.14.